The highest BCUT2D eigenvalue weighted by atomic mass is 16.3. The van der Waals surface area contributed by atoms with Crippen LogP contribution in [0.2, 0.25) is 0 Å². The van der Waals surface area contributed by atoms with Crippen molar-refractivity contribution in [1.82, 2.24) is 15.0 Å². The van der Waals surface area contributed by atoms with Crippen LogP contribution >= 0.6 is 0 Å². The molecule has 0 bridgehead atoms. The maximum atomic E-state index is 14.2. The van der Waals surface area contributed by atoms with Crippen LogP contribution in [0, 0.1) is 5.92 Å². The topological polar surface area (TPSA) is 150 Å². The van der Waals surface area contributed by atoms with Crippen molar-refractivity contribution in [3.05, 3.63) is 149 Å². The Bertz CT molecular complexity index is 1990. The van der Waals surface area contributed by atoms with Gasteiger partial charge in [-0.1, -0.05) is 72.8 Å². The number of carbonyl (C=O) groups is 3. The van der Waals surface area contributed by atoms with Gasteiger partial charge in [-0.2, -0.15) is 0 Å². The number of nitrogens with one attached hydrogen (secondary N) is 2. The molecule has 0 spiro atoms. The fraction of sp³-hybridized carbons (Fsp3) is 0.205. The van der Waals surface area contributed by atoms with E-state index in [-0.39, 0.29) is 25.0 Å². The van der Waals surface area contributed by atoms with Crippen LogP contribution in [-0.4, -0.2) is 49.5 Å². The Balaban J connectivity index is 1.22. The molecule has 0 saturated heterocycles. The Hall–Kier alpha value is -5.91. The van der Waals surface area contributed by atoms with Gasteiger partial charge >= 0.3 is 0 Å². The van der Waals surface area contributed by atoms with Crippen LogP contribution < -0.4 is 15.5 Å². The summed E-state index contributed by atoms with van der Waals surface area (Å²) in [7, 11) is 0. The lowest BCUT2D eigenvalue weighted by Crippen LogP contribution is -2.44. The third-order valence-corrected chi connectivity index (χ3v) is 8.71. The molecule has 0 aliphatic carbocycles. The largest absolute Gasteiger partial charge is 0.396 e. The highest BCUT2D eigenvalue weighted by Gasteiger charge is 2.52. The van der Waals surface area contributed by atoms with Crippen molar-refractivity contribution in [2.45, 2.75) is 38.5 Å². The third kappa shape index (κ3) is 7.39. The Morgan fingerprint density at radius 2 is 1.50 bits per heavy atom. The number of aliphatic hydroxyl groups is 2. The minimum absolute atomic E-state index is 0.00283. The number of hydrogen-bond donors (Lipinski definition) is 4. The van der Waals surface area contributed by atoms with Crippen molar-refractivity contribution in [2.75, 3.05) is 22.1 Å². The van der Waals surface area contributed by atoms with Crippen LogP contribution in [0.1, 0.15) is 50.9 Å². The van der Waals surface area contributed by atoms with Crippen LogP contribution in [0.15, 0.2) is 121 Å². The average Bonchev–Trinajstić information content (AvgIpc) is 3.68. The van der Waals surface area contributed by atoms with Crippen molar-refractivity contribution in [3.63, 3.8) is 0 Å². The number of allylic oxidation sites excluding steroid dienone is 1. The first-order chi connectivity index (χ1) is 24.3. The first kappa shape index (κ1) is 34.0. The number of anilines is 3. The van der Waals surface area contributed by atoms with E-state index in [0.717, 1.165) is 5.56 Å². The second kappa shape index (κ2) is 15.1. The van der Waals surface area contributed by atoms with Gasteiger partial charge in [0.05, 0.1) is 17.9 Å². The van der Waals surface area contributed by atoms with Gasteiger partial charge in [0, 0.05) is 59.8 Å². The summed E-state index contributed by atoms with van der Waals surface area (Å²) in [6.45, 7) is 2.50. The molecule has 50 heavy (non-hydrogen) atoms. The number of amides is 3. The summed E-state index contributed by atoms with van der Waals surface area (Å²) in [6.07, 6.45) is 6.50. The predicted octanol–water partition coefficient (Wildman–Crippen LogP) is 5.33. The van der Waals surface area contributed by atoms with Crippen LogP contribution in [-0.2, 0) is 29.9 Å². The molecule has 5 aromatic rings. The summed E-state index contributed by atoms with van der Waals surface area (Å²) >= 11 is 0. The monoisotopic (exact) mass is 670 g/mol. The fourth-order valence-electron chi connectivity index (χ4n) is 5.97. The summed E-state index contributed by atoms with van der Waals surface area (Å²) < 4.78 is 1.69. The maximum absolute atomic E-state index is 14.2. The average molecular weight is 671 g/mol. The molecule has 1 aromatic heterocycles. The molecule has 11 nitrogen and oxygen atoms in total. The second-order valence-electron chi connectivity index (χ2n) is 12.2. The van der Waals surface area contributed by atoms with E-state index in [0.29, 0.717) is 58.8 Å². The van der Waals surface area contributed by atoms with Gasteiger partial charge < -0.3 is 25.7 Å². The zero-order valence-electron chi connectivity index (χ0n) is 27.6. The predicted molar refractivity (Wildman–Crippen MR) is 190 cm³/mol. The number of rotatable bonds is 13. The van der Waals surface area contributed by atoms with E-state index < -0.39 is 17.4 Å². The number of carbonyl (C=O) groups excluding carboxylic acids is 3. The molecule has 254 valence electrons. The van der Waals surface area contributed by atoms with E-state index in [1.54, 1.807) is 102 Å². The SMILES string of the molecule is C[C@H](/C=C/CCn1cc(CCO)nn1)[C@@]1(O)C(=O)N(Cc2ccc(NC(=O)c3ccccc3)cc2)c2ccc(NC(=O)c3ccccc3)cc21. The number of hydrogen-bond acceptors (Lipinski definition) is 7. The molecule has 4 aromatic carbocycles. The van der Waals surface area contributed by atoms with Gasteiger partial charge in [0.2, 0.25) is 0 Å². The molecule has 1 aliphatic heterocycles. The van der Waals surface area contributed by atoms with Gasteiger partial charge in [0.25, 0.3) is 17.7 Å². The quantitative estimate of drug-likeness (QED) is 0.124. The van der Waals surface area contributed by atoms with Crippen LogP contribution in [0.25, 0.3) is 0 Å². The molecule has 0 radical (unpaired) electrons. The van der Waals surface area contributed by atoms with Gasteiger partial charge in [-0.3, -0.25) is 19.1 Å². The minimum Gasteiger partial charge on any atom is -0.396 e. The van der Waals surface area contributed by atoms with Crippen LogP contribution in [0.5, 0.6) is 0 Å². The van der Waals surface area contributed by atoms with Crippen molar-refractivity contribution in [1.29, 1.82) is 0 Å². The number of nitrogens with zero attached hydrogens (tertiary/aromatic N) is 4. The molecular weight excluding hydrogens is 632 g/mol. The molecule has 0 saturated carbocycles. The molecule has 11 heteroatoms. The van der Waals surface area contributed by atoms with Crippen molar-refractivity contribution in [2.24, 2.45) is 5.92 Å². The smallest absolute Gasteiger partial charge is 0.264 e. The van der Waals surface area contributed by atoms with Gasteiger partial charge in [-0.15, -0.1) is 5.10 Å². The molecule has 3 amide bonds. The van der Waals surface area contributed by atoms with Crippen LogP contribution in [0.3, 0.4) is 0 Å². The molecule has 2 heterocycles. The van der Waals surface area contributed by atoms with Gasteiger partial charge in [0.1, 0.15) is 0 Å². The van der Waals surface area contributed by atoms with Gasteiger partial charge in [0.15, 0.2) is 5.60 Å². The summed E-state index contributed by atoms with van der Waals surface area (Å²) in [5.41, 5.74) is 2.60. The van der Waals surface area contributed by atoms with E-state index in [1.807, 2.05) is 36.4 Å². The zero-order chi connectivity index (χ0) is 35.1. The lowest BCUT2D eigenvalue weighted by molar-refractivity contribution is -0.139. The van der Waals surface area contributed by atoms with E-state index in [2.05, 4.69) is 20.9 Å². The summed E-state index contributed by atoms with van der Waals surface area (Å²) in [5, 5.41) is 35.3. The molecule has 4 N–H and O–H groups in total. The first-order valence-electron chi connectivity index (χ1n) is 16.4. The van der Waals surface area contributed by atoms with Crippen molar-refractivity contribution >= 4 is 34.8 Å². The van der Waals surface area contributed by atoms with E-state index in [4.69, 9.17) is 5.11 Å². The Kier molecular flexibility index (Phi) is 10.3. The lowest BCUT2D eigenvalue weighted by Gasteiger charge is -2.28. The van der Waals surface area contributed by atoms with Crippen molar-refractivity contribution in [3.8, 4) is 0 Å². The fourth-order valence-corrected chi connectivity index (χ4v) is 5.97. The Morgan fingerprint density at radius 3 is 2.14 bits per heavy atom. The Morgan fingerprint density at radius 1 is 0.880 bits per heavy atom. The molecule has 6 rings (SSSR count). The van der Waals surface area contributed by atoms with E-state index >= 15 is 0 Å². The Labute approximate surface area is 289 Å². The number of aryl methyl sites for hydroxylation is 1. The summed E-state index contributed by atoms with van der Waals surface area (Å²) in [4.78, 5) is 41.4. The summed E-state index contributed by atoms with van der Waals surface area (Å²) in [6, 6.07) is 30.1. The number of benzene rings is 4. The highest BCUT2D eigenvalue weighted by Crippen LogP contribution is 2.47. The standard InChI is InChI=1S/C39H38N6O5/c1-27(10-8-9-22-44-26-33(21-23-46)42-43-44)39(50)34-24-32(41-37(48)30-13-6-3-7-14-30)19-20-35(34)45(38(39)49)25-28-15-17-31(18-16-28)40-36(47)29-11-4-2-5-12-29/h2-8,10-20,24,26-27,46,50H,9,21-23,25H2,1H3,(H,40,47)(H,41,48)/b10-8+/t27-,39+/m1/s1. The molecule has 0 unspecified atom stereocenters. The molecule has 1 aliphatic rings. The highest BCUT2D eigenvalue weighted by molar-refractivity contribution is 6.09. The molecule has 0 fully saturated rings. The maximum Gasteiger partial charge on any atom is 0.264 e. The molecular formula is C39H38N6O5. The second-order valence-corrected chi connectivity index (χ2v) is 12.2. The number of fused-ring (bicyclic) bond motifs is 1. The lowest BCUT2D eigenvalue weighted by atomic mass is 9.82. The third-order valence-electron chi connectivity index (χ3n) is 8.71. The first-order valence-corrected chi connectivity index (χ1v) is 16.4. The number of aromatic nitrogens is 3. The van der Waals surface area contributed by atoms with E-state index in [9.17, 15) is 19.5 Å². The summed E-state index contributed by atoms with van der Waals surface area (Å²) in [5.74, 6) is -1.65. The van der Waals surface area contributed by atoms with Gasteiger partial charge in [-0.25, -0.2) is 0 Å². The minimum atomic E-state index is -1.91. The van der Waals surface area contributed by atoms with E-state index in [1.165, 1.54) is 0 Å². The molecule has 2 atom stereocenters. The van der Waals surface area contributed by atoms with Crippen molar-refractivity contribution < 1.29 is 24.6 Å². The van der Waals surface area contributed by atoms with Crippen LogP contribution in [0.4, 0.5) is 17.1 Å². The number of aliphatic hydroxyl groups excluding tert-OH is 1. The normalized spacial score (nSPS) is 16.0. The zero-order valence-corrected chi connectivity index (χ0v) is 27.6. The van der Waals surface area contributed by atoms with Gasteiger partial charge in [-0.05, 0) is 66.6 Å².